The molecule has 0 saturated heterocycles. The number of nitrogens with one attached hydrogen (secondary N) is 2. The second-order valence-corrected chi connectivity index (χ2v) is 9.93. The smallest absolute Gasteiger partial charge is 0.410 e. The number of H-pyrrole nitrogens is 1. The van der Waals surface area contributed by atoms with Crippen LogP contribution in [0.4, 0.5) is 10.7 Å². The topological polar surface area (TPSA) is 147 Å². The number of halogens is 1. The summed E-state index contributed by atoms with van der Waals surface area (Å²) in [6.45, 7) is 0.383. The normalized spacial score (nSPS) is 15.4. The predicted octanol–water partition coefficient (Wildman–Crippen LogP) is 4.09. The van der Waals surface area contributed by atoms with Crippen LogP contribution in [-0.4, -0.2) is 52.5 Å². The molecule has 13 heteroatoms. The van der Waals surface area contributed by atoms with Crippen LogP contribution in [0.2, 0.25) is 0 Å². The zero-order chi connectivity index (χ0) is 25.4. The molecule has 0 spiro atoms. The third-order valence-corrected chi connectivity index (χ3v) is 6.66. The fraction of sp³-hybridized carbons (Fsp3) is 0.174. The SMILES string of the molecule is CNc1ncc(C2c3[nH]c4ccc(Br)cc4c3CCN2C(=O)Oc2ccc(OS(=O)(=O)O)cc2)cn1. The molecule has 0 fully saturated rings. The summed E-state index contributed by atoms with van der Waals surface area (Å²) in [6.07, 6.45) is 3.34. The van der Waals surface area contributed by atoms with Crippen molar-refractivity contribution in [3.63, 3.8) is 0 Å². The molecule has 1 amide bonds. The third kappa shape index (κ3) is 4.85. The number of anilines is 1. The molecule has 3 N–H and O–H groups in total. The van der Waals surface area contributed by atoms with Gasteiger partial charge in [0.1, 0.15) is 17.5 Å². The van der Waals surface area contributed by atoms with E-state index < -0.39 is 22.5 Å². The molecular weight excluding hydrogens is 554 g/mol. The molecular formula is C23H20BrN5O6S. The number of amides is 1. The summed E-state index contributed by atoms with van der Waals surface area (Å²) in [6, 6.07) is 10.7. The molecule has 11 nitrogen and oxygen atoms in total. The number of hydrogen-bond acceptors (Lipinski definition) is 8. The Labute approximate surface area is 214 Å². The maximum absolute atomic E-state index is 13.3. The first-order chi connectivity index (χ1) is 17.2. The van der Waals surface area contributed by atoms with E-state index in [0.29, 0.717) is 24.5 Å². The van der Waals surface area contributed by atoms with Gasteiger partial charge in [0.15, 0.2) is 0 Å². The maximum atomic E-state index is 13.3. The number of nitrogens with zero attached hydrogens (tertiary/aromatic N) is 3. The fourth-order valence-corrected chi connectivity index (χ4v) is 4.97. The molecule has 0 radical (unpaired) electrons. The first kappa shape index (κ1) is 24.0. The summed E-state index contributed by atoms with van der Waals surface area (Å²) in [7, 11) is -2.93. The molecule has 1 aliphatic rings. The van der Waals surface area contributed by atoms with Gasteiger partial charge in [-0.05, 0) is 54.4 Å². The second kappa shape index (κ2) is 9.41. The van der Waals surface area contributed by atoms with E-state index in [1.54, 1.807) is 24.3 Å². The summed E-state index contributed by atoms with van der Waals surface area (Å²) in [5.74, 6) is 0.509. The quantitative estimate of drug-likeness (QED) is 0.300. The van der Waals surface area contributed by atoms with E-state index in [-0.39, 0.29) is 11.5 Å². The lowest BCUT2D eigenvalue weighted by atomic mass is 9.94. The van der Waals surface area contributed by atoms with E-state index in [9.17, 15) is 13.2 Å². The Morgan fingerprint density at radius 3 is 2.53 bits per heavy atom. The third-order valence-electron chi connectivity index (χ3n) is 5.77. The molecule has 1 aliphatic heterocycles. The van der Waals surface area contributed by atoms with E-state index in [2.05, 4.69) is 40.4 Å². The minimum atomic E-state index is -4.65. The van der Waals surface area contributed by atoms with Gasteiger partial charge >= 0.3 is 16.5 Å². The van der Waals surface area contributed by atoms with Crippen LogP contribution in [0.15, 0.2) is 59.3 Å². The van der Waals surface area contributed by atoms with Crippen molar-refractivity contribution in [2.24, 2.45) is 0 Å². The van der Waals surface area contributed by atoms with Gasteiger partial charge in [-0.1, -0.05) is 15.9 Å². The number of benzene rings is 2. The highest BCUT2D eigenvalue weighted by Gasteiger charge is 2.36. The van der Waals surface area contributed by atoms with Gasteiger partial charge in [-0.2, -0.15) is 8.42 Å². The lowest BCUT2D eigenvalue weighted by Gasteiger charge is -2.35. The van der Waals surface area contributed by atoms with E-state index in [1.165, 1.54) is 24.3 Å². The fourth-order valence-electron chi connectivity index (χ4n) is 4.26. The molecule has 0 saturated carbocycles. The number of ether oxygens (including phenoxy) is 1. The van der Waals surface area contributed by atoms with Gasteiger partial charge in [0.2, 0.25) is 5.95 Å². The average Bonchev–Trinajstić information content (AvgIpc) is 3.21. The number of carbonyl (C=O) groups excluding carboxylic acids is 1. The minimum absolute atomic E-state index is 0.121. The van der Waals surface area contributed by atoms with Gasteiger partial charge in [0, 0.05) is 52.6 Å². The minimum Gasteiger partial charge on any atom is -0.410 e. The largest absolute Gasteiger partial charge is 0.446 e. The Hall–Kier alpha value is -3.68. The molecule has 5 rings (SSSR count). The summed E-state index contributed by atoms with van der Waals surface area (Å²) in [5, 5.41) is 3.95. The number of carbonyl (C=O) groups is 1. The zero-order valence-electron chi connectivity index (χ0n) is 18.8. The standard InChI is InChI=1S/C23H20BrN5O6S/c1-25-22-26-11-13(12-27-22)21-20-17(18-10-14(24)2-7-19(18)28-20)8-9-29(21)23(30)34-15-3-5-16(6-4-15)35-36(31,32)33/h2-7,10-12,21,28H,8-9H2,1H3,(H,25,26,27)(H,31,32,33). The van der Waals surface area contributed by atoms with Gasteiger partial charge in [0.05, 0.1) is 0 Å². The zero-order valence-corrected chi connectivity index (χ0v) is 21.2. The van der Waals surface area contributed by atoms with E-state index in [4.69, 9.17) is 9.29 Å². The van der Waals surface area contributed by atoms with Crippen molar-refractivity contribution in [3.05, 3.63) is 76.2 Å². The summed E-state index contributed by atoms with van der Waals surface area (Å²) in [4.78, 5) is 27.0. The number of fused-ring (bicyclic) bond motifs is 3. The average molecular weight is 574 g/mol. The van der Waals surface area contributed by atoms with Crippen molar-refractivity contribution in [1.29, 1.82) is 0 Å². The van der Waals surface area contributed by atoms with E-state index in [1.807, 2.05) is 18.2 Å². The Bertz CT molecular complexity index is 1540. The lowest BCUT2D eigenvalue weighted by Crippen LogP contribution is -2.42. The first-order valence-electron chi connectivity index (χ1n) is 10.8. The predicted molar refractivity (Wildman–Crippen MR) is 134 cm³/mol. The van der Waals surface area contributed by atoms with Crippen LogP contribution in [0.25, 0.3) is 10.9 Å². The molecule has 1 unspecified atom stereocenters. The monoisotopic (exact) mass is 573 g/mol. The Morgan fingerprint density at radius 1 is 1.17 bits per heavy atom. The highest BCUT2D eigenvalue weighted by molar-refractivity contribution is 9.10. The first-order valence-corrected chi connectivity index (χ1v) is 12.9. The van der Waals surface area contributed by atoms with Crippen LogP contribution in [-0.2, 0) is 16.8 Å². The highest BCUT2D eigenvalue weighted by atomic mass is 79.9. The van der Waals surface area contributed by atoms with Crippen LogP contribution >= 0.6 is 15.9 Å². The number of aromatic amines is 1. The van der Waals surface area contributed by atoms with Gasteiger partial charge in [-0.3, -0.25) is 9.45 Å². The molecule has 36 heavy (non-hydrogen) atoms. The lowest BCUT2D eigenvalue weighted by molar-refractivity contribution is 0.135. The van der Waals surface area contributed by atoms with Gasteiger partial charge in [-0.15, -0.1) is 0 Å². The van der Waals surface area contributed by atoms with E-state index in [0.717, 1.165) is 26.6 Å². The Kier molecular flexibility index (Phi) is 6.28. The summed E-state index contributed by atoms with van der Waals surface area (Å²) in [5.41, 5.74) is 3.61. The molecule has 186 valence electrons. The highest BCUT2D eigenvalue weighted by Crippen LogP contribution is 2.39. The Morgan fingerprint density at radius 2 is 1.86 bits per heavy atom. The van der Waals surface area contributed by atoms with Crippen molar-refractivity contribution < 1.29 is 26.7 Å². The molecule has 2 aromatic carbocycles. The van der Waals surface area contributed by atoms with Crippen LogP contribution in [0.3, 0.4) is 0 Å². The summed E-state index contributed by atoms with van der Waals surface area (Å²) < 4.78 is 41.5. The summed E-state index contributed by atoms with van der Waals surface area (Å²) >= 11 is 3.53. The van der Waals surface area contributed by atoms with Crippen molar-refractivity contribution in [3.8, 4) is 11.5 Å². The number of aromatic nitrogens is 3. The van der Waals surface area contributed by atoms with Crippen molar-refractivity contribution >= 4 is 49.3 Å². The number of hydrogen-bond donors (Lipinski definition) is 3. The maximum Gasteiger partial charge on any atom is 0.446 e. The van der Waals surface area contributed by atoms with Gasteiger partial charge in [0.25, 0.3) is 0 Å². The molecule has 1 atom stereocenters. The second-order valence-electron chi connectivity index (χ2n) is 7.99. The van der Waals surface area contributed by atoms with Crippen molar-refractivity contribution in [1.82, 2.24) is 19.9 Å². The molecule has 2 aromatic heterocycles. The van der Waals surface area contributed by atoms with Crippen LogP contribution < -0.4 is 14.2 Å². The van der Waals surface area contributed by atoms with E-state index >= 15 is 0 Å². The molecule has 3 heterocycles. The molecule has 0 aliphatic carbocycles. The Balaban J connectivity index is 1.48. The van der Waals surface area contributed by atoms with Gasteiger partial charge < -0.3 is 19.2 Å². The van der Waals surface area contributed by atoms with Crippen molar-refractivity contribution in [2.45, 2.75) is 12.5 Å². The molecule has 0 bridgehead atoms. The van der Waals surface area contributed by atoms with Crippen LogP contribution in [0.5, 0.6) is 11.5 Å². The number of rotatable bonds is 5. The van der Waals surface area contributed by atoms with Crippen molar-refractivity contribution in [2.75, 3.05) is 18.9 Å². The van der Waals surface area contributed by atoms with Crippen LogP contribution in [0, 0.1) is 0 Å². The van der Waals surface area contributed by atoms with Gasteiger partial charge in [-0.25, -0.2) is 14.8 Å². The molecule has 4 aromatic rings. The van der Waals surface area contributed by atoms with Crippen LogP contribution in [0.1, 0.15) is 22.9 Å².